The zero-order chi connectivity index (χ0) is 13.5. The number of carbonyl (C=O) groups excluding carboxylic acids is 1. The first-order chi connectivity index (χ1) is 8.52. The number of carbonyl (C=O) groups is 1. The first-order valence-electron chi connectivity index (χ1n) is 6.35. The predicted molar refractivity (Wildman–Crippen MR) is 75.9 cm³/mol. The van der Waals surface area contributed by atoms with Crippen molar-refractivity contribution in [3.8, 4) is 0 Å². The van der Waals surface area contributed by atoms with Crippen molar-refractivity contribution < 1.29 is 4.79 Å². The molecule has 0 bridgehead atoms. The largest absolute Gasteiger partial charge is 0.336 e. The van der Waals surface area contributed by atoms with E-state index in [0.717, 1.165) is 18.4 Å². The van der Waals surface area contributed by atoms with E-state index in [2.05, 4.69) is 17.6 Å². The van der Waals surface area contributed by atoms with Gasteiger partial charge < -0.3 is 10.6 Å². The van der Waals surface area contributed by atoms with E-state index in [1.54, 1.807) is 0 Å². The molecule has 1 aromatic carbocycles. The SMILES string of the molecule is CCC[C@H](C)NC(=O)N[C@@H](C)c1cccc(Cl)c1. The molecule has 4 heteroatoms. The minimum atomic E-state index is -0.136. The number of urea groups is 1. The molecule has 100 valence electrons. The minimum Gasteiger partial charge on any atom is -0.336 e. The summed E-state index contributed by atoms with van der Waals surface area (Å²) in [6, 6.07) is 7.52. The van der Waals surface area contributed by atoms with Crippen LogP contribution in [0.15, 0.2) is 24.3 Å². The zero-order valence-corrected chi connectivity index (χ0v) is 11.9. The fraction of sp³-hybridized carbons (Fsp3) is 0.500. The molecule has 3 nitrogen and oxygen atoms in total. The molecular weight excluding hydrogens is 248 g/mol. The Balaban J connectivity index is 2.49. The van der Waals surface area contributed by atoms with Gasteiger partial charge in [-0.15, -0.1) is 0 Å². The molecule has 1 aromatic rings. The van der Waals surface area contributed by atoms with Crippen molar-refractivity contribution in [2.75, 3.05) is 0 Å². The van der Waals surface area contributed by atoms with Crippen LogP contribution < -0.4 is 10.6 Å². The van der Waals surface area contributed by atoms with Gasteiger partial charge in [-0.05, 0) is 38.0 Å². The van der Waals surface area contributed by atoms with Gasteiger partial charge in [-0.2, -0.15) is 0 Å². The summed E-state index contributed by atoms with van der Waals surface area (Å²) in [7, 11) is 0. The second-order valence-corrected chi connectivity index (χ2v) is 5.02. The first-order valence-corrected chi connectivity index (χ1v) is 6.73. The van der Waals surface area contributed by atoms with Crippen LogP contribution in [0.4, 0.5) is 4.79 Å². The summed E-state index contributed by atoms with van der Waals surface area (Å²) in [5.41, 5.74) is 1.00. The van der Waals surface area contributed by atoms with E-state index in [4.69, 9.17) is 11.6 Å². The number of hydrogen-bond donors (Lipinski definition) is 2. The molecule has 0 spiro atoms. The van der Waals surface area contributed by atoms with Crippen LogP contribution in [0.3, 0.4) is 0 Å². The Morgan fingerprint density at radius 1 is 1.33 bits per heavy atom. The summed E-state index contributed by atoms with van der Waals surface area (Å²) in [6.45, 7) is 6.05. The number of hydrogen-bond acceptors (Lipinski definition) is 1. The Labute approximate surface area is 114 Å². The lowest BCUT2D eigenvalue weighted by molar-refractivity contribution is 0.234. The van der Waals surface area contributed by atoms with Crippen molar-refractivity contribution in [1.82, 2.24) is 10.6 Å². The van der Waals surface area contributed by atoms with Gasteiger partial charge in [0.25, 0.3) is 0 Å². The molecule has 0 aliphatic heterocycles. The minimum absolute atomic E-state index is 0.0578. The Kier molecular flexibility index (Phi) is 5.99. The topological polar surface area (TPSA) is 41.1 Å². The number of halogens is 1. The van der Waals surface area contributed by atoms with Crippen LogP contribution in [-0.4, -0.2) is 12.1 Å². The van der Waals surface area contributed by atoms with Gasteiger partial charge in [-0.25, -0.2) is 4.79 Å². The highest BCUT2D eigenvalue weighted by Gasteiger charge is 2.11. The van der Waals surface area contributed by atoms with Crippen molar-refractivity contribution in [3.63, 3.8) is 0 Å². The number of benzene rings is 1. The zero-order valence-electron chi connectivity index (χ0n) is 11.2. The maximum absolute atomic E-state index is 11.7. The lowest BCUT2D eigenvalue weighted by atomic mass is 10.1. The van der Waals surface area contributed by atoms with Crippen molar-refractivity contribution in [1.29, 1.82) is 0 Å². The lowest BCUT2D eigenvalue weighted by Crippen LogP contribution is -2.41. The quantitative estimate of drug-likeness (QED) is 0.836. The molecule has 2 atom stereocenters. The summed E-state index contributed by atoms with van der Waals surface area (Å²) in [5, 5.41) is 6.50. The average molecular weight is 269 g/mol. The van der Waals surface area contributed by atoms with E-state index < -0.39 is 0 Å². The van der Waals surface area contributed by atoms with Gasteiger partial charge in [0.15, 0.2) is 0 Å². The van der Waals surface area contributed by atoms with Crippen LogP contribution in [-0.2, 0) is 0 Å². The second kappa shape index (κ2) is 7.27. The van der Waals surface area contributed by atoms with Gasteiger partial charge in [0.05, 0.1) is 6.04 Å². The molecule has 0 aromatic heterocycles. The van der Waals surface area contributed by atoms with Crippen molar-refractivity contribution in [2.45, 2.75) is 45.7 Å². The Morgan fingerprint density at radius 3 is 2.67 bits per heavy atom. The van der Waals surface area contributed by atoms with E-state index in [1.165, 1.54) is 0 Å². The molecule has 0 heterocycles. The molecule has 0 radical (unpaired) electrons. The van der Waals surface area contributed by atoms with E-state index in [-0.39, 0.29) is 18.1 Å². The molecule has 0 unspecified atom stereocenters. The second-order valence-electron chi connectivity index (χ2n) is 4.58. The van der Waals surface area contributed by atoms with Gasteiger partial charge >= 0.3 is 6.03 Å². The van der Waals surface area contributed by atoms with Crippen LogP contribution in [0.5, 0.6) is 0 Å². The third-order valence-electron chi connectivity index (χ3n) is 2.80. The molecule has 18 heavy (non-hydrogen) atoms. The lowest BCUT2D eigenvalue weighted by Gasteiger charge is -2.18. The fourth-order valence-corrected chi connectivity index (χ4v) is 2.03. The van der Waals surface area contributed by atoms with Crippen molar-refractivity contribution >= 4 is 17.6 Å². The molecular formula is C14H21ClN2O. The Bertz CT molecular complexity index is 395. The molecule has 1 rings (SSSR count). The third kappa shape index (κ3) is 4.96. The molecule has 2 N–H and O–H groups in total. The molecule has 2 amide bonds. The Morgan fingerprint density at radius 2 is 2.06 bits per heavy atom. The average Bonchev–Trinajstić information content (AvgIpc) is 2.28. The number of nitrogens with one attached hydrogen (secondary N) is 2. The monoisotopic (exact) mass is 268 g/mol. The predicted octanol–water partition coefficient (Wildman–Crippen LogP) is 3.89. The molecule has 0 saturated heterocycles. The highest BCUT2D eigenvalue weighted by Crippen LogP contribution is 2.17. The van der Waals surface area contributed by atoms with E-state index in [0.29, 0.717) is 5.02 Å². The van der Waals surface area contributed by atoms with Crippen molar-refractivity contribution in [3.05, 3.63) is 34.9 Å². The molecule has 0 aliphatic carbocycles. The molecule has 0 saturated carbocycles. The highest BCUT2D eigenvalue weighted by molar-refractivity contribution is 6.30. The summed E-state index contributed by atoms with van der Waals surface area (Å²) in [6.07, 6.45) is 2.05. The van der Waals surface area contributed by atoms with E-state index >= 15 is 0 Å². The van der Waals surface area contributed by atoms with Crippen LogP contribution in [0.1, 0.15) is 45.2 Å². The van der Waals surface area contributed by atoms with Gasteiger partial charge in [0.2, 0.25) is 0 Å². The maximum Gasteiger partial charge on any atom is 0.315 e. The molecule has 0 fully saturated rings. The van der Waals surface area contributed by atoms with Gasteiger partial charge in [0, 0.05) is 11.1 Å². The number of rotatable bonds is 5. The van der Waals surface area contributed by atoms with Crippen LogP contribution in [0, 0.1) is 0 Å². The van der Waals surface area contributed by atoms with Gasteiger partial charge in [-0.1, -0.05) is 37.1 Å². The van der Waals surface area contributed by atoms with Crippen LogP contribution in [0.25, 0.3) is 0 Å². The van der Waals surface area contributed by atoms with Gasteiger partial charge in [0.1, 0.15) is 0 Å². The maximum atomic E-state index is 11.7. The van der Waals surface area contributed by atoms with Crippen LogP contribution >= 0.6 is 11.6 Å². The van der Waals surface area contributed by atoms with E-state index in [1.807, 2.05) is 38.1 Å². The first kappa shape index (κ1) is 14.8. The molecule has 0 aliphatic rings. The highest BCUT2D eigenvalue weighted by atomic mass is 35.5. The van der Waals surface area contributed by atoms with E-state index in [9.17, 15) is 4.79 Å². The Hall–Kier alpha value is -1.22. The smallest absolute Gasteiger partial charge is 0.315 e. The number of amides is 2. The van der Waals surface area contributed by atoms with Gasteiger partial charge in [-0.3, -0.25) is 0 Å². The summed E-state index contributed by atoms with van der Waals surface area (Å²) < 4.78 is 0. The third-order valence-corrected chi connectivity index (χ3v) is 3.03. The fourth-order valence-electron chi connectivity index (χ4n) is 1.83. The normalized spacial score (nSPS) is 13.8. The van der Waals surface area contributed by atoms with Crippen LogP contribution in [0.2, 0.25) is 5.02 Å². The summed E-state index contributed by atoms with van der Waals surface area (Å²) in [5.74, 6) is 0. The van der Waals surface area contributed by atoms with Crippen molar-refractivity contribution in [2.24, 2.45) is 0 Å². The standard InChI is InChI=1S/C14H21ClN2O/c1-4-6-10(2)16-14(18)17-11(3)12-7-5-8-13(15)9-12/h5,7-11H,4,6H2,1-3H3,(H2,16,17,18)/t10-,11-/m0/s1. The summed E-state index contributed by atoms with van der Waals surface area (Å²) in [4.78, 5) is 11.7. The summed E-state index contributed by atoms with van der Waals surface area (Å²) >= 11 is 5.92.